The lowest BCUT2D eigenvalue weighted by atomic mass is 10.1. The van der Waals surface area contributed by atoms with Crippen LogP contribution in [0.3, 0.4) is 0 Å². The summed E-state index contributed by atoms with van der Waals surface area (Å²) in [5, 5.41) is 1.65. The van der Waals surface area contributed by atoms with E-state index in [0.29, 0.717) is 22.0 Å². The van der Waals surface area contributed by atoms with Crippen LogP contribution < -0.4 is 0 Å². The Hall–Kier alpha value is -0.230. The number of thioether (sulfide) groups is 1. The Kier molecular flexibility index (Phi) is 5.94. The van der Waals surface area contributed by atoms with Gasteiger partial charge in [-0.25, -0.2) is 0 Å². The first-order valence-electron chi connectivity index (χ1n) is 7.14. The van der Waals surface area contributed by atoms with Gasteiger partial charge in [-0.1, -0.05) is 63.4 Å². The highest BCUT2D eigenvalue weighted by Gasteiger charge is 2.43. The molecule has 1 aliphatic rings. The number of ether oxygens (including phenoxy) is 2. The molecule has 0 aromatic heterocycles. The minimum Gasteiger partial charge on any atom is -0.342 e. The van der Waals surface area contributed by atoms with Crippen LogP contribution in [0, 0.1) is 0 Å². The molecule has 2 aromatic carbocycles. The molecule has 0 aliphatic carbocycles. The third-order valence-corrected chi connectivity index (χ3v) is 5.99. The Labute approximate surface area is 158 Å². The van der Waals surface area contributed by atoms with Crippen molar-refractivity contribution in [2.45, 2.75) is 16.8 Å². The van der Waals surface area contributed by atoms with Gasteiger partial charge in [0, 0.05) is 21.2 Å². The molecule has 2 aromatic rings. The summed E-state index contributed by atoms with van der Waals surface area (Å²) in [4.78, 5) is 1.22. The molecule has 0 N–H and O–H groups in total. The van der Waals surface area contributed by atoms with E-state index in [1.807, 2.05) is 24.3 Å². The fourth-order valence-corrected chi connectivity index (χ4v) is 4.48. The van der Waals surface area contributed by atoms with Gasteiger partial charge in [0.1, 0.15) is 0 Å². The minimum absolute atomic E-state index is 0.00417. The molecule has 2 nitrogen and oxygen atoms in total. The van der Waals surface area contributed by atoms with Gasteiger partial charge in [0.05, 0.1) is 23.1 Å². The Morgan fingerprint density at radius 3 is 2.65 bits per heavy atom. The average Bonchev–Trinajstić information content (AvgIpc) is 2.98. The van der Waals surface area contributed by atoms with Crippen LogP contribution in [-0.2, 0) is 15.3 Å². The third kappa shape index (κ3) is 4.06. The largest absolute Gasteiger partial charge is 0.342 e. The first kappa shape index (κ1) is 17.6. The smallest absolute Gasteiger partial charge is 0.206 e. The molecule has 1 fully saturated rings. The molecule has 23 heavy (non-hydrogen) atoms. The Bertz CT molecular complexity index is 671. The minimum atomic E-state index is -0.858. The number of halogens is 3. The van der Waals surface area contributed by atoms with Crippen LogP contribution in [-0.4, -0.2) is 23.8 Å². The maximum atomic E-state index is 6.33. The van der Waals surface area contributed by atoms with Crippen LogP contribution in [0.4, 0.5) is 0 Å². The van der Waals surface area contributed by atoms with Crippen molar-refractivity contribution in [3.63, 3.8) is 0 Å². The van der Waals surface area contributed by atoms with E-state index in [0.717, 1.165) is 11.3 Å². The lowest BCUT2D eigenvalue weighted by Crippen LogP contribution is -2.30. The van der Waals surface area contributed by atoms with E-state index in [-0.39, 0.29) is 6.10 Å². The van der Waals surface area contributed by atoms with Gasteiger partial charge in [0.15, 0.2) is 0 Å². The van der Waals surface area contributed by atoms with Gasteiger partial charge in [-0.15, -0.1) is 11.8 Å². The quantitative estimate of drug-likeness (QED) is 0.441. The number of hydrogen-bond donors (Lipinski definition) is 0. The van der Waals surface area contributed by atoms with Gasteiger partial charge in [0.2, 0.25) is 5.79 Å². The number of benzene rings is 2. The molecule has 1 saturated heterocycles. The van der Waals surface area contributed by atoms with Crippen molar-refractivity contribution in [2.24, 2.45) is 0 Å². The molecule has 1 heterocycles. The molecule has 0 bridgehead atoms. The summed E-state index contributed by atoms with van der Waals surface area (Å²) in [6, 6.07) is 15.6. The molecular formula is C17H15BrCl2O2S. The number of rotatable bonds is 5. The normalized spacial score (nSPS) is 24.0. The van der Waals surface area contributed by atoms with Gasteiger partial charge in [-0.3, -0.25) is 0 Å². The van der Waals surface area contributed by atoms with Crippen LogP contribution in [0.1, 0.15) is 5.56 Å². The van der Waals surface area contributed by atoms with E-state index in [1.54, 1.807) is 23.9 Å². The second-order valence-corrected chi connectivity index (χ2v) is 7.68. The van der Waals surface area contributed by atoms with Gasteiger partial charge < -0.3 is 9.47 Å². The highest BCUT2D eigenvalue weighted by atomic mass is 79.9. The maximum absolute atomic E-state index is 6.33. The monoisotopic (exact) mass is 432 g/mol. The Balaban J connectivity index is 1.70. The van der Waals surface area contributed by atoms with E-state index >= 15 is 0 Å². The third-order valence-electron chi connectivity index (χ3n) is 3.56. The van der Waals surface area contributed by atoms with Crippen LogP contribution in [0.5, 0.6) is 0 Å². The first-order chi connectivity index (χ1) is 11.1. The topological polar surface area (TPSA) is 18.5 Å². The molecule has 0 radical (unpaired) electrons. The summed E-state index contributed by atoms with van der Waals surface area (Å²) < 4.78 is 12.2. The number of hydrogen-bond acceptors (Lipinski definition) is 3. The summed E-state index contributed by atoms with van der Waals surface area (Å²) in [5.41, 5.74) is 0.799. The zero-order chi connectivity index (χ0) is 16.3. The van der Waals surface area contributed by atoms with E-state index in [9.17, 15) is 0 Å². The van der Waals surface area contributed by atoms with Gasteiger partial charge in [-0.2, -0.15) is 0 Å². The lowest BCUT2D eigenvalue weighted by Gasteiger charge is -2.27. The molecule has 2 unspecified atom stereocenters. The van der Waals surface area contributed by atoms with E-state index in [4.69, 9.17) is 32.7 Å². The van der Waals surface area contributed by atoms with Gasteiger partial charge in [-0.05, 0) is 24.3 Å². The van der Waals surface area contributed by atoms with Crippen molar-refractivity contribution in [3.8, 4) is 0 Å². The van der Waals surface area contributed by atoms with E-state index in [1.165, 1.54) is 4.90 Å². The zero-order valence-corrected chi connectivity index (χ0v) is 16.1. The Morgan fingerprint density at radius 1 is 1.17 bits per heavy atom. The molecule has 2 atom stereocenters. The standard InChI is InChI=1S/C17H15BrCl2O2S/c18-11-17(15-7-6-12(19)8-16(15)20)21-9-13(22-17)10-23-14-4-2-1-3-5-14/h1-8,13H,9-11H2. The van der Waals surface area contributed by atoms with Crippen LogP contribution >= 0.6 is 50.9 Å². The average molecular weight is 434 g/mol. The molecule has 3 rings (SSSR count). The molecule has 0 saturated carbocycles. The molecule has 6 heteroatoms. The predicted molar refractivity (Wildman–Crippen MR) is 99.9 cm³/mol. The summed E-state index contributed by atoms with van der Waals surface area (Å²) in [7, 11) is 0. The second kappa shape index (κ2) is 7.77. The van der Waals surface area contributed by atoms with Crippen molar-refractivity contribution in [3.05, 3.63) is 64.1 Å². The Morgan fingerprint density at radius 2 is 1.96 bits per heavy atom. The lowest BCUT2D eigenvalue weighted by molar-refractivity contribution is -0.154. The van der Waals surface area contributed by atoms with Crippen molar-refractivity contribution in [2.75, 3.05) is 17.7 Å². The van der Waals surface area contributed by atoms with Crippen molar-refractivity contribution >= 4 is 50.9 Å². The van der Waals surface area contributed by atoms with Crippen LogP contribution in [0.15, 0.2) is 53.4 Å². The molecule has 1 aliphatic heterocycles. The van der Waals surface area contributed by atoms with Crippen molar-refractivity contribution in [1.29, 1.82) is 0 Å². The summed E-state index contributed by atoms with van der Waals surface area (Å²) >= 11 is 17.6. The fourth-order valence-electron chi connectivity index (χ4n) is 2.43. The van der Waals surface area contributed by atoms with Gasteiger partial charge >= 0.3 is 0 Å². The molecular weight excluding hydrogens is 419 g/mol. The second-order valence-electron chi connectivity index (χ2n) is 5.19. The van der Waals surface area contributed by atoms with E-state index < -0.39 is 5.79 Å². The summed E-state index contributed by atoms with van der Waals surface area (Å²) in [5.74, 6) is -0.0342. The highest BCUT2D eigenvalue weighted by molar-refractivity contribution is 9.09. The fraction of sp³-hybridized carbons (Fsp3) is 0.294. The van der Waals surface area contributed by atoms with Crippen molar-refractivity contribution in [1.82, 2.24) is 0 Å². The van der Waals surface area contributed by atoms with Crippen molar-refractivity contribution < 1.29 is 9.47 Å². The van der Waals surface area contributed by atoms with E-state index in [2.05, 4.69) is 28.1 Å². The zero-order valence-electron chi connectivity index (χ0n) is 12.2. The SMILES string of the molecule is Clc1ccc(C2(CBr)OCC(CSc3ccccc3)O2)c(Cl)c1. The molecule has 122 valence electrons. The molecule has 0 amide bonds. The predicted octanol–water partition coefficient (Wildman–Crippen LogP) is 5.75. The van der Waals surface area contributed by atoms with Crippen LogP contribution in [0.2, 0.25) is 10.0 Å². The summed E-state index contributed by atoms with van der Waals surface area (Å²) in [6.45, 7) is 0.532. The highest BCUT2D eigenvalue weighted by Crippen LogP contribution is 2.41. The van der Waals surface area contributed by atoms with Crippen LogP contribution in [0.25, 0.3) is 0 Å². The summed E-state index contributed by atoms with van der Waals surface area (Å²) in [6.07, 6.45) is 0.00417. The first-order valence-corrected chi connectivity index (χ1v) is 10.0. The van der Waals surface area contributed by atoms with Gasteiger partial charge in [0.25, 0.3) is 0 Å². The molecule has 0 spiro atoms. The number of alkyl halides is 1. The maximum Gasteiger partial charge on any atom is 0.206 e.